The summed E-state index contributed by atoms with van der Waals surface area (Å²) < 4.78 is 5.03. The summed E-state index contributed by atoms with van der Waals surface area (Å²) in [6.07, 6.45) is 0.263. The Morgan fingerprint density at radius 2 is 2.00 bits per heavy atom. The van der Waals surface area contributed by atoms with Crippen LogP contribution < -0.4 is 5.32 Å². The minimum absolute atomic E-state index is 0.0989. The van der Waals surface area contributed by atoms with Crippen molar-refractivity contribution in [3.63, 3.8) is 0 Å². The number of nitrogens with zero attached hydrogens (tertiary/aromatic N) is 2. The van der Waals surface area contributed by atoms with E-state index in [2.05, 4.69) is 15.5 Å². The van der Waals surface area contributed by atoms with Gasteiger partial charge >= 0.3 is 0 Å². The van der Waals surface area contributed by atoms with Crippen LogP contribution in [0.5, 0.6) is 0 Å². The average Bonchev–Trinajstić information content (AvgIpc) is 2.76. The Hall–Kier alpha value is -1.69. The largest absolute Gasteiger partial charge is 0.361 e. The molecule has 0 saturated heterocycles. The second-order valence-electron chi connectivity index (χ2n) is 4.19. The summed E-state index contributed by atoms with van der Waals surface area (Å²) in [5.41, 5.74) is 2.55. The molecule has 96 valence electrons. The molecule has 2 heterocycles. The van der Waals surface area contributed by atoms with Crippen LogP contribution in [0, 0.1) is 27.7 Å². The quantitative estimate of drug-likeness (QED) is 0.926. The fraction of sp³-hybridized carbons (Fsp3) is 0.417. The molecule has 5 nitrogen and oxygen atoms in total. The molecule has 2 rings (SSSR count). The lowest BCUT2D eigenvalue weighted by Crippen LogP contribution is -2.15. The first-order valence-corrected chi connectivity index (χ1v) is 6.44. The summed E-state index contributed by atoms with van der Waals surface area (Å²) in [5, 5.41) is 7.26. The van der Waals surface area contributed by atoms with Gasteiger partial charge in [0.15, 0.2) is 5.13 Å². The van der Waals surface area contributed by atoms with Crippen molar-refractivity contribution in [1.29, 1.82) is 0 Å². The number of nitrogens with one attached hydrogen (secondary N) is 1. The first kappa shape index (κ1) is 12.8. The molecule has 2 aromatic heterocycles. The zero-order valence-electron chi connectivity index (χ0n) is 10.8. The molecule has 1 amide bonds. The molecule has 2 aromatic rings. The second-order valence-corrected chi connectivity index (χ2v) is 5.39. The highest BCUT2D eigenvalue weighted by molar-refractivity contribution is 7.15. The molecule has 0 spiro atoms. The lowest BCUT2D eigenvalue weighted by atomic mass is 10.1. The fourth-order valence-electron chi connectivity index (χ4n) is 1.60. The molecule has 0 fully saturated rings. The van der Waals surface area contributed by atoms with E-state index < -0.39 is 0 Å². The van der Waals surface area contributed by atoms with Gasteiger partial charge in [-0.1, -0.05) is 5.16 Å². The molecule has 0 atom stereocenters. The van der Waals surface area contributed by atoms with Crippen molar-refractivity contribution < 1.29 is 9.32 Å². The van der Waals surface area contributed by atoms with Gasteiger partial charge in [-0.15, -0.1) is 11.3 Å². The first-order chi connectivity index (χ1) is 8.47. The van der Waals surface area contributed by atoms with E-state index in [1.807, 2.05) is 20.8 Å². The maximum atomic E-state index is 11.9. The third-order valence-electron chi connectivity index (χ3n) is 2.79. The number of hydrogen-bond donors (Lipinski definition) is 1. The van der Waals surface area contributed by atoms with Gasteiger partial charge in [0.05, 0.1) is 17.8 Å². The number of amides is 1. The second kappa shape index (κ2) is 4.89. The predicted molar refractivity (Wildman–Crippen MR) is 69.9 cm³/mol. The molecule has 0 saturated carbocycles. The van der Waals surface area contributed by atoms with Gasteiger partial charge in [0.25, 0.3) is 0 Å². The van der Waals surface area contributed by atoms with Gasteiger partial charge in [-0.3, -0.25) is 4.79 Å². The molecule has 0 aliphatic heterocycles. The summed E-state index contributed by atoms with van der Waals surface area (Å²) in [6, 6.07) is 0. The van der Waals surface area contributed by atoms with E-state index >= 15 is 0 Å². The average molecular weight is 265 g/mol. The monoisotopic (exact) mass is 265 g/mol. The van der Waals surface area contributed by atoms with Gasteiger partial charge in [0.1, 0.15) is 5.76 Å². The number of carbonyl (C=O) groups is 1. The molecule has 18 heavy (non-hydrogen) atoms. The van der Waals surface area contributed by atoms with Crippen molar-refractivity contribution in [2.75, 3.05) is 5.32 Å². The van der Waals surface area contributed by atoms with Gasteiger partial charge in [-0.25, -0.2) is 4.98 Å². The smallest absolute Gasteiger partial charge is 0.230 e. The first-order valence-electron chi connectivity index (χ1n) is 5.63. The minimum atomic E-state index is -0.0989. The van der Waals surface area contributed by atoms with Crippen LogP contribution in [0.3, 0.4) is 0 Å². The van der Waals surface area contributed by atoms with E-state index in [1.165, 1.54) is 11.3 Å². The van der Waals surface area contributed by atoms with Gasteiger partial charge in [0, 0.05) is 10.4 Å². The van der Waals surface area contributed by atoms with Crippen LogP contribution in [0.2, 0.25) is 0 Å². The van der Waals surface area contributed by atoms with Crippen molar-refractivity contribution in [1.82, 2.24) is 10.1 Å². The van der Waals surface area contributed by atoms with Crippen LogP contribution in [0.1, 0.15) is 27.6 Å². The Labute approximate surface area is 109 Å². The van der Waals surface area contributed by atoms with E-state index in [0.717, 1.165) is 21.8 Å². The molecular weight excluding hydrogens is 250 g/mol. The molecular formula is C12H15N3O2S. The highest BCUT2D eigenvalue weighted by Crippen LogP contribution is 2.21. The summed E-state index contributed by atoms with van der Waals surface area (Å²) in [5.74, 6) is 0.590. The molecule has 0 bridgehead atoms. The van der Waals surface area contributed by atoms with E-state index in [4.69, 9.17) is 4.52 Å². The zero-order chi connectivity index (χ0) is 13.3. The van der Waals surface area contributed by atoms with Crippen LogP contribution in [0.15, 0.2) is 4.52 Å². The Balaban J connectivity index is 2.05. The standard InChI is InChI=1S/C12H15N3O2S/c1-6-9(4)18-12(13-6)14-11(16)5-10-7(2)15-17-8(10)3/h5H2,1-4H3,(H,13,14,16). The maximum Gasteiger partial charge on any atom is 0.230 e. The Morgan fingerprint density at radius 3 is 2.50 bits per heavy atom. The summed E-state index contributed by atoms with van der Waals surface area (Å²) in [6.45, 7) is 7.55. The summed E-state index contributed by atoms with van der Waals surface area (Å²) in [7, 11) is 0. The Bertz CT molecular complexity index is 547. The highest BCUT2D eigenvalue weighted by Gasteiger charge is 2.14. The third-order valence-corrected chi connectivity index (χ3v) is 3.78. The van der Waals surface area contributed by atoms with Crippen LogP contribution in [-0.2, 0) is 11.2 Å². The van der Waals surface area contributed by atoms with Crippen molar-refractivity contribution >= 4 is 22.4 Å². The molecule has 0 radical (unpaired) electrons. The van der Waals surface area contributed by atoms with Crippen LogP contribution in [-0.4, -0.2) is 16.0 Å². The number of hydrogen-bond acceptors (Lipinski definition) is 5. The van der Waals surface area contributed by atoms with Crippen LogP contribution >= 0.6 is 11.3 Å². The SMILES string of the molecule is Cc1nc(NC(=O)Cc2c(C)noc2C)sc1C. The van der Waals surface area contributed by atoms with Crippen molar-refractivity contribution in [2.24, 2.45) is 0 Å². The van der Waals surface area contributed by atoms with Gasteiger partial charge in [-0.2, -0.15) is 0 Å². The summed E-state index contributed by atoms with van der Waals surface area (Å²) >= 11 is 1.48. The fourth-order valence-corrected chi connectivity index (χ4v) is 2.44. The number of carbonyl (C=O) groups excluding carboxylic acids is 1. The number of aromatic nitrogens is 2. The normalized spacial score (nSPS) is 10.7. The molecule has 0 aromatic carbocycles. The molecule has 0 aliphatic rings. The predicted octanol–water partition coefficient (Wildman–Crippen LogP) is 2.55. The molecule has 6 heteroatoms. The highest BCUT2D eigenvalue weighted by atomic mass is 32.1. The zero-order valence-corrected chi connectivity index (χ0v) is 11.6. The number of rotatable bonds is 3. The lowest BCUT2D eigenvalue weighted by Gasteiger charge is -2.00. The van der Waals surface area contributed by atoms with Gasteiger partial charge < -0.3 is 9.84 Å². The topological polar surface area (TPSA) is 68.0 Å². The van der Waals surface area contributed by atoms with Crippen molar-refractivity contribution in [3.05, 3.63) is 27.6 Å². The van der Waals surface area contributed by atoms with E-state index in [1.54, 1.807) is 6.92 Å². The van der Waals surface area contributed by atoms with Gasteiger partial charge in [0.2, 0.25) is 5.91 Å². The van der Waals surface area contributed by atoms with E-state index in [9.17, 15) is 4.79 Å². The van der Waals surface area contributed by atoms with Crippen molar-refractivity contribution in [2.45, 2.75) is 34.1 Å². The summed E-state index contributed by atoms with van der Waals surface area (Å²) in [4.78, 5) is 17.3. The molecule has 0 unspecified atom stereocenters. The molecule has 1 N–H and O–H groups in total. The Morgan fingerprint density at radius 1 is 1.28 bits per heavy atom. The van der Waals surface area contributed by atoms with E-state index in [-0.39, 0.29) is 12.3 Å². The number of aryl methyl sites for hydroxylation is 4. The van der Waals surface area contributed by atoms with Crippen LogP contribution in [0.4, 0.5) is 5.13 Å². The Kier molecular flexibility index (Phi) is 3.47. The number of anilines is 1. The minimum Gasteiger partial charge on any atom is -0.361 e. The third kappa shape index (κ3) is 2.59. The van der Waals surface area contributed by atoms with Crippen molar-refractivity contribution in [3.8, 4) is 0 Å². The lowest BCUT2D eigenvalue weighted by molar-refractivity contribution is -0.115. The van der Waals surface area contributed by atoms with E-state index in [0.29, 0.717) is 10.9 Å². The van der Waals surface area contributed by atoms with Gasteiger partial charge in [-0.05, 0) is 27.7 Å². The molecule has 0 aliphatic carbocycles. The number of thiazole rings is 1. The van der Waals surface area contributed by atoms with Crippen LogP contribution in [0.25, 0.3) is 0 Å². The maximum absolute atomic E-state index is 11.9.